The molecule has 1 aromatic carbocycles. The number of aryl methyl sites for hydroxylation is 2. The number of nitrogens with zero attached hydrogens (tertiary/aromatic N) is 3. The monoisotopic (exact) mass is 438 g/mol. The van der Waals surface area contributed by atoms with Gasteiger partial charge in [-0.15, -0.1) is 0 Å². The minimum atomic E-state index is -1.26. The number of carbonyl (C=O) groups excluding carboxylic acids is 1. The van der Waals surface area contributed by atoms with Crippen LogP contribution in [0.1, 0.15) is 40.8 Å². The quantitative estimate of drug-likeness (QED) is 0.508. The molecule has 0 fully saturated rings. The number of nitrogens with one attached hydrogen (secondary N) is 1. The molecule has 32 heavy (non-hydrogen) atoms. The summed E-state index contributed by atoms with van der Waals surface area (Å²) in [6, 6.07) is 8.16. The number of aliphatic carboxylic acids is 2. The van der Waals surface area contributed by atoms with Gasteiger partial charge in [0.25, 0.3) is 5.91 Å². The molecule has 0 bridgehead atoms. The summed E-state index contributed by atoms with van der Waals surface area (Å²) in [5, 5.41) is 16.7. The van der Waals surface area contributed by atoms with Gasteiger partial charge in [-0.2, -0.15) is 0 Å². The fraction of sp³-hybridized carbons (Fsp3) is 0.304. The summed E-state index contributed by atoms with van der Waals surface area (Å²) in [6.07, 6.45) is 5.74. The Bertz CT molecular complexity index is 1160. The van der Waals surface area contributed by atoms with Gasteiger partial charge in [-0.3, -0.25) is 4.79 Å². The van der Waals surface area contributed by atoms with Crippen LogP contribution in [0.5, 0.6) is 0 Å². The van der Waals surface area contributed by atoms with Crippen LogP contribution in [0.15, 0.2) is 42.7 Å². The normalized spacial score (nSPS) is 13.2. The molecule has 9 nitrogen and oxygen atoms in total. The van der Waals surface area contributed by atoms with Crippen molar-refractivity contribution in [2.24, 2.45) is 7.05 Å². The van der Waals surface area contributed by atoms with Crippen molar-refractivity contribution >= 4 is 28.7 Å². The molecule has 1 amide bonds. The summed E-state index contributed by atoms with van der Waals surface area (Å²) in [7, 11) is 2.05. The van der Waals surface area contributed by atoms with Crippen molar-refractivity contribution in [3.63, 3.8) is 0 Å². The van der Waals surface area contributed by atoms with E-state index in [4.69, 9.17) is 10.2 Å². The highest BCUT2D eigenvalue weighted by molar-refractivity contribution is 6.09. The summed E-state index contributed by atoms with van der Waals surface area (Å²) in [5.41, 5.74) is 5.29. The molecule has 3 aromatic rings. The van der Waals surface area contributed by atoms with Gasteiger partial charge in [-0.25, -0.2) is 14.6 Å². The Labute approximate surface area is 185 Å². The molecule has 0 atom stereocenters. The van der Waals surface area contributed by atoms with Gasteiger partial charge in [0.2, 0.25) is 0 Å². The number of aromatic nitrogens is 3. The van der Waals surface area contributed by atoms with Crippen LogP contribution in [0, 0.1) is 0 Å². The number of fused-ring (bicyclic) bond motifs is 3. The van der Waals surface area contributed by atoms with Crippen molar-refractivity contribution in [2.75, 3.05) is 6.54 Å². The van der Waals surface area contributed by atoms with E-state index < -0.39 is 11.9 Å². The van der Waals surface area contributed by atoms with Crippen molar-refractivity contribution in [3.8, 4) is 0 Å². The van der Waals surface area contributed by atoms with E-state index in [-0.39, 0.29) is 5.91 Å². The third kappa shape index (κ3) is 4.88. The first-order valence-electron chi connectivity index (χ1n) is 10.3. The van der Waals surface area contributed by atoms with Crippen LogP contribution in [-0.4, -0.2) is 54.0 Å². The second-order valence-electron chi connectivity index (χ2n) is 7.46. The summed E-state index contributed by atoms with van der Waals surface area (Å²) < 4.78 is 2.17. The number of carboxylic acids is 2. The number of hydrogen-bond acceptors (Lipinski definition) is 4. The largest absolute Gasteiger partial charge is 0.478 e. The van der Waals surface area contributed by atoms with E-state index in [0.717, 1.165) is 59.4 Å². The number of para-hydroxylation sites is 1. The van der Waals surface area contributed by atoms with Gasteiger partial charge < -0.3 is 24.7 Å². The second kappa shape index (κ2) is 9.95. The highest BCUT2D eigenvalue weighted by atomic mass is 16.4. The van der Waals surface area contributed by atoms with Crippen LogP contribution in [-0.2, 0) is 36.0 Å². The molecule has 9 heteroatoms. The first-order chi connectivity index (χ1) is 15.3. The van der Waals surface area contributed by atoms with E-state index in [9.17, 15) is 14.4 Å². The van der Waals surface area contributed by atoms with Gasteiger partial charge in [0, 0.05) is 48.8 Å². The summed E-state index contributed by atoms with van der Waals surface area (Å²) >= 11 is 0. The van der Waals surface area contributed by atoms with Crippen LogP contribution in [0.3, 0.4) is 0 Å². The molecule has 0 saturated heterocycles. The van der Waals surface area contributed by atoms with Gasteiger partial charge in [-0.1, -0.05) is 31.5 Å². The molecular weight excluding hydrogens is 412 g/mol. The van der Waals surface area contributed by atoms with Crippen LogP contribution < -0.4 is 0 Å². The Balaban J connectivity index is 0.000000312. The average Bonchev–Trinajstić information content (AvgIpc) is 3.32. The van der Waals surface area contributed by atoms with Crippen molar-refractivity contribution in [1.82, 2.24) is 19.4 Å². The SMILES string of the molecule is CCCc1nc[nH]c1CN1CCc2c(c3ccccc3n2C)C1=O.O=C(O)C=CC(=O)O. The lowest BCUT2D eigenvalue weighted by Crippen LogP contribution is -2.37. The summed E-state index contributed by atoms with van der Waals surface area (Å²) in [4.78, 5) is 41.8. The van der Waals surface area contributed by atoms with Gasteiger partial charge in [0.15, 0.2) is 0 Å². The minimum Gasteiger partial charge on any atom is -0.478 e. The van der Waals surface area contributed by atoms with Crippen LogP contribution in [0.25, 0.3) is 10.9 Å². The molecule has 1 aliphatic heterocycles. The van der Waals surface area contributed by atoms with Crippen molar-refractivity contribution in [3.05, 3.63) is 65.4 Å². The number of H-pyrrole nitrogens is 1. The van der Waals surface area contributed by atoms with Gasteiger partial charge in [-0.05, 0) is 12.5 Å². The first kappa shape index (κ1) is 22.8. The number of carboxylic acid groups (broad SMARTS) is 2. The van der Waals surface area contributed by atoms with Crippen molar-refractivity contribution < 1.29 is 24.6 Å². The average molecular weight is 438 g/mol. The van der Waals surface area contributed by atoms with E-state index in [1.54, 1.807) is 6.33 Å². The number of amides is 1. The fourth-order valence-electron chi connectivity index (χ4n) is 3.90. The van der Waals surface area contributed by atoms with Crippen LogP contribution in [0.4, 0.5) is 0 Å². The Hall–Kier alpha value is -3.88. The molecule has 2 aromatic heterocycles. The molecule has 0 unspecified atom stereocenters. The van der Waals surface area contributed by atoms with Gasteiger partial charge in [0.1, 0.15) is 0 Å². The highest BCUT2D eigenvalue weighted by Crippen LogP contribution is 2.30. The minimum absolute atomic E-state index is 0.130. The Kier molecular flexibility index (Phi) is 7.09. The van der Waals surface area contributed by atoms with Gasteiger partial charge >= 0.3 is 11.9 Å². The summed E-state index contributed by atoms with van der Waals surface area (Å²) in [6.45, 7) is 3.50. The molecule has 0 aliphatic carbocycles. The lowest BCUT2D eigenvalue weighted by atomic mass is 10.0. The number of rotatable bonds is 6. The molecule has 1 aliphatic rings. The van der Waals surface area contributed by atoms with E-state index in [2.05, 4.69) is 34.6 Å². The maximum Gasteiger partial charge on any atom is 0.328 e. The van der Waals surface area contributed by atoms with E-state index >= 15 is 0 Å². The van der Waals surface area contributed by atoms with Crippen molar-refractivity contribution in [1.29, 1.82) is 0 Å². The standard InChI is InChI=1S/C19H22N4O.C4H4O4/c1-3-6-14-15(21-12-20-14)11-23-10-9-17-18(19(23)24)13-7-4-5-8-16(13)22(17)2;5-3(6)1-2-4(7)8/h4-5,7-8,12H,3,6,9-11H2,1-2H3,(H,20,21);1-2H,(H,5,6)(H,7,8). The highest BCUT2D eigenvalue weighted by Gasteiger charge is 2.30. The maximum atomic E-state index is 13.1. The Morgan fingerprint density at radius 1 is 1.19 bits per heavy atom. The maximum absolute atomic E-state index is 13.1. The zero-order chi connectivity index (χ0) is 23.3. The molecular formula is C23H26N4O5. The zero-order valence-electron chi connectivity index (χ0n) is 18.0. The molecule has 168 valence electrons. The number of carbonyl (C=O) groups is 3. The van der Waals surface area contributed by atoms with E-state index in [1.165, 1.54) is 0 Å². The Morgan fingerprint density at radius 2 is 1.88 bits per heavy atom. The number of aromatic amines is 1. The third-order valence-corrected chi connectivity index (χ3v) is 5.36. The topological polar surface area (TPSA) is 129 Å². The number of imidazole rings is 1. The molecule has 3 N–H and O–H groups in total. The molecule has 0 spiro atoms. The predicted octanol–water partition coefficient (Wildman–Crippen LogP) is 2.76. The molecule has 0 radical (unpaired) electrons. The Morgan fingerprint density at radius 3 is 2.53 bits per heavy atom. The second-order valence-corrected chi connectivity index (χ2v) is 7.46. The van der Waals surface area contributed by atoms with Crippen LogP contribution >= 0.6 is 0 Å². The molecule has 4 rings (SSSR count). The number of hydrogen-bond donors (Lipinski definition) is 3. The summed E-state index contributed by atoms with van der Waals surface area (Å²) in [5.74, 6) is -2.38. The third-order valence-electron chi connectivity index (χ3n) is 5.36. The van der Waals surface area contributed by atoms with Crippen LogP contribution in [0.2, 0.25) is 0 Å². The molecule has 0 saturated carbocycles. The van der Waals surface area contributed by atoms with E-state index in [1.807, 2.05) is 23.1 Å². The zero-order valence-corrected chi connectivity index (χ0v) is 18.0. The fourth-order valence-corrected chi connectivity index (χ4v) is 3.90. The smallest absolute Gasteiger partial charge is 0.328 e. The lowest BCUT2D eigenvalue weighted by molar-refractivity contribution is -0.134. The van der Waals surface area contributed by atoms with Gasteiger partial charge in [0.05, 0.1) is 29.8 Å². The van der Waals surface area contributed by atoms with Crippen molar-refractivity contribution in [2.45, 2.75) is 32.7 Å². The molecule has 3 heterocycles. The predicted molar refractivity (Wildman–Crippen MR) is 118 cm³/mol. The number of benzene rings is 1. The first-order valence-corrected chi connectivity index (χ1v) is 10.3. The lowest BCUT2D eigenvalue weighted by Gasteiger charge is -2.27. The van der Waals surface area contributed by atoms with E-state index in [0.29, 0.717) is 18.7 Å².